The van der Waals surface area contributed by atoms with Crippen LogP contribution in [0.5, 0.6) is 0 Å². The first-order valence-corrected chi connectivity index (χ1v) is 12.4. The number of hydrogen-bond acceptors (Lipinski definition) is 7. The van der Waals surface area contributed by atoms with Crippen molar-refractivity contribution in [2.45, 2.75) is 31.9 Å². The van der Waals surface area contributed by atoms with Crippen LogP contribution < -0.4 is 5.32 Å². The Bertz CT molecular complexity index is 1510. The predicted molar refractivity (Wildman–Crippen MR) is 131 cm³/mol. The van der Waals surface area contributed by atoms with Gasteiger partial charge in [-0.15, -0.1) is 0 Å². The highest BCUT2D eigenvalue weighted by atomic mass is 19.1. The number of aryl methyl sites for hydroxylation is 1. The molecule has 1 atom stereocenters. The molecule has 9 heteroatoms. The molecular weight excluding hydrogens is 459 g/mol. The molecule has 1 N–H and O–H groups in total. The number of fused-ring (bicyclic) bond motifs is 5. The number of ether oxygens (including phenoxy) is 1. The second kappa shape index (κ2) is 6.94. The number of oxime groups is 1. The molecule has 0 saturated carbocycles. The Hall–Kier alpha value is -3.72. The predicted octanol–water partition coefficient (Wildman–Crippen LogP) is 3.54. The molecule has 36 heavy (non-hydrogen) atoms. The largest absolute Gasteiger partial charge is 0.380 e. The molecule has 0 bridgehead atoms. The van der Waals surface area contributed by atoms with Crippen LogP contribution in [-0.2, 0) is 28.1 Å². The summed E-state index contributed by atoms with van der Waals surface area (Å²) < 4.78 is 21.5. The van der Waals surface area contributed by atoms with E-state index in [1.807, 2.05) is 17.7 Å². The van der Waals surface area contributed by atoms with Crippen molar-refractivity contribution in [3.63, 3.8) is 0 Å². The summed E-state index contributed by atoms with van der Waals surface area (Å²) in [5.74, 6) is 1.38. The van der Waals surface area contributed by atoms with E-state index in [-0.39, 0.29) is 11.2 Å². The monoisotopic (exact) mass is 484 g/mol. The minimum atomic E-state index is -0.764. The van der Waals surface area contributed by atoms with E-state index in [2.05, 4.69) is 43.7 Å². The zero-order chi connectivity index (χ0) is 24.1. The quantitative estimate of drug-likeness (QED) is 0.600. The van der Waals surface area contributed by atoms with Crippen molar-refractivity contribution in [1.82, 2.24) is 19.7 Å². The van der Waals surface area contributed by atoms with E-state index in [0.717, 1.165) is 73.2 Å². The van der Waals surface area contributed by atoms with Gasteiger partial charge in [0.2, 0.25) is 0 Å². The van der Waals surface area contributed by atoms with Gasteiger partial charge in [-0.1, -0.05) is 11.2 Å². The third-order valence-corrected chi connectivity index (χ3v) is 8.31. The summed E-state index contributed by atoms with van der Waals surface area (Å²) in [6.07, 6.45) is 7.05. The number of benzene rings is 2. The van der Waals surface area contributed by atoms with Gasteiger partial charge in [0.1, 0.15) is 18.0 Å². The minimum absolute atomic E-state index is 0.0274. The summed E-state index contributed by atoms with van der Waals surface area (Å²) in [7, 11) is 0. The molecule has 1 aromatic heterocycles. The standard InChI is InChI=1S/C27H25FN6O2/c1-16-30-15-34(31-16)24-7-2-17(20-4-5-21(20)24)8-18-10-26(13-35-14-26)12-33-25(18)32-36-27(33)11-29-23-9-19(28)3-6-22(23)27/h2-3,6-9,15,29H,4-5,10-14H2,1H3. The van der Waals surface area contributed by atoms with E-state index in [9.17, 15) is 4.39 Å². The van der Waals surface area contributed by atoms with Crippen LogP contribution in [0.25, 0.3) is 11.8 Å². The van der Waals surface area contributed by atoms with Crippen LogP contribution in [-0.4, -0.2) is 51.8 Å². The van der Waals surface area contributed by atoms with E-state index >= 15 is 0 Å². The van der Waals surface area contributed by atoms with Crippen molar-refractivity contribution in [2.75, 3.05) is 31.6 Å². The van der Waals surface area contributed by atoms with Crippen LogP contribution in [0.3, 0.4) is 0 Å². The van der Waals surface area contributed by atoms with Gasteiger partial charge in [-0.3, -0.25) is 0 Å². The molecule has 1 aliphatic carbocycles. The molecule has 2 aromatic carbocycles. The molecule has 3 aromatic rings. The number of nitrogens with one attached hydrogen (secondary N) is 1. The molecule has 182 valence electrons. The van der Waals surface area contributed by atoms with Gasteiger partial charge in [0.15, 0.2) is 5.84 Å². The van der Waals surface area contributed by atoms with Crippen molar-refractivity contribution in [1.29, 1.82) is 0 Å². The van der Waals surface area contributed by atoms with Gasteiger partial charge in [0.05, 0.1) is 25.4 Å². The Morgan fingerprint density at radius 1 is 1.14 bits per heavy atom. The van der Waals surface area contributed by atoms with E-state index in [0.29, 0.717) is 6.54 Å². The number of halogens is 1. The molecule has 0 radical (unpaired) electrons. The number of nitrogens with zero attached hydrogens (tertiary/aromatic N) is 5. The number of hydrogen-bond donors (Lipinski definition) is 1. The molecule has 5 aliphatic rings. The molecule has 2 spiro atoms. The lowest BCUT2D eigenvalue weighted by Crippen LogP contribution is -2.61. The molecule has 5 heterocycles. The summed E-state index contributed by atoms with van der Waals surface area (Å²) in [5, 5.41) is 12.5. The fourth-order valence-electron chi connectivity index (χ4n) is 6.38. The van der Waals surface area contributed by atoms with Crippen molar-refractivity contribution < 1.29 is 14.0 Å². The molecule has 8 rings (SSSR count). The zero-order valence-electron chi connectivity index (χ0n) is 19.9. The summed E-state index contributed by atoms with van der Waals surface area (Å²) in [6.45, 7) is 4.66. The van der Waals surface area contributed by atoms with Crippen molar-refractivity contribution in [3.05, 3.63) is 76.1 Å². The molecule has 2 saturated heterocycles. The topological polar surface area (TPSA) is 76.8 Å². The van der Waals surface area contributed by atoms with Crippen molar-refractivity contribution in [2.24, 2.45) is 10.6 Å². The highest BCUT2D eigenvalue weighted by molar-refractivity contribution is 6.04. The van der Waals surface area contributed by atoms with Crippen LogP contribution >= 0.6 is 0 Å². The number of aromatic nitrogens is 3. The number of amidine groups is 1. The van der Waals surface area contributed by atoms with E-state index in [1.54, 1.807) is 6.33 Å². The zero-order valence-corrected chi connectivity index (χ0v) is 19.9. The fourth-order valence-corrected chi connectivity index (χ4v) is 6.38. The Morgan fingerprint density at radius 3 is 2.78 bits per heavy atom. The molecular formula is C27H25FN6O2. The maximum atomic E-state index is 13.9. The Balaban J connectivity index is 1.20. The third-order valence-electron chi connectivity index (χ3n) is 8.31. The van der Waals surface area contributed by atoms with Crippen molar-refractivity contribution in [3.8, 4) is 5.69 Å². The number of anilines is 1. The molecule has 2 fully saturated rings. The maximum Gasteiger partial charge on any atom is 0.256 e. The van der Waals surface area contributed by atoms with E-state index < -0.39 is 5.72 Å². The second-order valence-corrected chi connectivity index (χ2v) is 10.6. The van der Waals surface area contributed by atoms with Gasteiger partial charge in [-0.25, -0.2) is 14.1 Å². The summed E-state index contributed by atoms with van der Waals surface area (Å²) in [6, 6.07) is 9.17. The smallest absolute Gasteiger partial charge is 0.256 e. The molecule has 8 nitrogen and oxygen atoms in total. The third kappa shape index (κ3) is 2.69. The van der Waals surface area contributed by atoms with Crippen LogP contribution in [0.1, 0.15) is 34.5 Å². The SMILES string of the molecule is Cc1ncn(-c2ccc(C=C3CC4(COC4)CN4C3=NOC43CNc4cc(F)ccc43)c3c2CC3)n1. The van der Waals surface area contributed by atoms with Gasteiger partial charge in [-0.05, 0) is 78.8 Å². The van der Waals surface area contributed by atoms with Crippen molar-refractivity contribution >= 4 is 17.6 Å². The van der Waals surface area contributed by atoms with Gasteiger partial charge in [-0.2, -0.15) is 5.10 Å². The first-order chi connectivity index (χ1) is 17.5. The first kappa shape index (κ1) is 20.5. The van der Waals surface area contributed by atoms with Crippen LogP contribution in [0, 0.1) is 18.2 Å². The lowest BCUT2D eigenvalue weighted by atomic mass is 9.74. The van der Waals surface area contributed by atoms with Crippen LogP contribution in [0.2, 0.25) is 0 Å². The van der Waals surface area contributed by atoms with Gasteiger partial charge < -0.3 is 19.8 Å². The fraction of sp³-hybridized carbons (Fsp3) is 0.370. The highest BCUT2D eigenvalue weighted by Crippen LogP contribution is 2.51. The van der Waals surface area contributed by atoms with E-state index in [4.69, 9.17) is 9.57 Å². The lowest BCUT2D eigenvalue weighted by molar-refractivity contribution is -0.158. The summed E-state index contributed by atoms with van der Waals surface area (Å²) >= 11 is 0. The highest BCUT2D eigenvalue weighted by Gasteiger charge is 2.58. The minimum Gasteiger partial charge on any atom is -0.380 e. The Labute approximate surface area is 207 Å². The van der Waals surface area contributed by atoms with Gasteiger partial charge >= 0.3 is 0 Å². The Kier molecular flexibility index (Phi) is 3.95. The Morgan fingerprint density at radius 2 is 2.03 bits per heavy atom. The summed E-state index contributed by atoms with van der Waals surface area (Å²) in [5.41, 5.74) is 7.14. The maximum absolute atomic E-state index is 13.9. The average molecular weight is 485 g/mol. The normalized spacial score (nSPS) is 25.6. The lowest BCUT2D eigenvalue weighted by Gasteiger charge is -2.51. The molecule has 0 amide bonds. The molecule has 1 unspecified atom stereocenters. The van der Waals surface area contributed by atoms with Crippen LogP contribution in [0.4, 0.5) is 10.1 Å². The second-order valence-electron chi connectivity index (χ2n) is 10.6. The average Bonchev–Trinajstić information content (AvgIpc) is 3.52. The van der Waals surface area contributed by atoms with Crippen LogP contribution in [0.15, 0.2) is 47.4 Å². The van der Waals surface area contributed by atoms with Gasteiger partial charge in [0, 0.05) is 23.2 Å². The number of rotatable bonds is 2. The first-order valence-electron chi connectivity index (χ1n) is 12.4. The van der Waals surface area contributed by atoms with E-state index in [1.165, 1.54) is 28.8 Å². The molecule has 4 aliphatic heterocycles. The number of piperidine rings is 1. The summed E-state index contributed by atoms with van der Waals surface area (Å²) in [4.78, 5) is 12.8. The van der Waals surface area contributed by atoms with Gasteiger partial charge in [0.25, 0.3) is 5.72 Å².